The number of thiazole rings is 1. The predicted molar refractivity (Wildman–Crippen MR) is 94.5 cm³/mol. The molecule has 3 rings (SSSR count). The maximum Gasteiger partial charge on any atom is 0.150 e. The number of nitrogens with zero attached hydrogens (tertiary/aromatic N) is 1. The first-order valence-corrected chi connectivity index (χ1v) is 9.15. The molecule has 0 saturated heterocycles. The van der Waals surface area contributed by atoms with Crippen molar-refractivity contribution in [2.24, 2.45) is 0 Å². The average molecular weight is 381 g/mol. The smallest absolute Gasteiger partial charge is 0.150 e. The highest BCUT2D eigenvalue weighted by molar-refractivity contribution is 9.10. The van der Waals surface area contributed by atoms with Crippen molar-refractivity contribution in [2.45, 2.75) is 10.9 Å². The van der Waals surface area contributed by atoms with E-state index in [0.29, 0.717) is 11.0 Å². The third kappa shape index (κ3) is 3.33. The molecule has 0 aliphatic heterocycles. The van der Waals surface area contributed by atoms with Crippen molar-refractivity contribution < 1.29 is 5.11 Å². The number of phenols is 1. The van der Waals surface area contributed by atoms with E-state index in [0.717, 1.165) is 21.1 Å². The maximum atomic E-state index is 9.50. The minimum absolute atomic E-state index is 0.259. The molecule has 0 saturated carbocycles. The van der Waals surface area contributed by atoms with Crippen LogP contribution in [0.15, 0.2) is 45.2 Å². The molecule has 3 aromatic rings. The van der Waals surface area contributed by atoms with Crippen LogP contribution in [0.4, 0.5) is 5.69 Å². The molecule has 3 nitrogen and oxygen atoms in total. The Labute approximate surface area is 139 Å². The van der Waals surface area contributed by atoms with Crippen molar-refractivity contribution >= 4 is 54.9 Å². The lowest BCUT2D eigenvalue weighted by Gasteiger charge is -2.07. The summed E-state index contributed by atoms with van der Waals surface area (Å²) >= 11 is 6.71. The van der Waals surface area contributed by atoms with Crippen LogP contribution in [-0.2, 0) is 6.54 Å². The molecule has 108 valence electrons. The van der Waals surface area contributed by atoms with E-state index in [-0.39, 0.29) is 5.75 Å². The third-order valence-electron chi connectivity index (χ3n) is 3.05. The zero-order chi connectivity index (χ0) is 14.8. The van der Waals surface area contributed by atoms with Gasteiger partial charge in [-0.15, -0.1) is 11.3 Å². The Morgan fingerprint density at radius 1 is 1.29 bits per heavy atom. The van der Waals surface area contributed by atoms with Crippen LogP contribution in [0.5, 0.6) is 5.75 Å². The SMILES string of the molecule is CSc1nc2ccc(NCc3ccc(O)c(Br)c3)cc2s1. The summed E-state index contributed by atoms with van der Waals surface area (Å²) in [4.78, 5) is 4.53. The molecule has 0 aliphatic carbocycles. The van der Waals surface area contributed by atoms with Crippen LogP contribution in [0.1, 0.15) is 5.56 Å². The first-order valence-electron chi connectivity index (χ1n) is 6.31. The van der Waals surface area contributed by atoms with Crippen LogP contribution < -0.4 is 5.32 Å². The average Bonchev–Trinajstić information content (AvgIpc) is 2.90. The van der Waals surface area contributed by atoms with Gasteiger partial charge in [-0.05, 0) is 58.1 Å². The van der Waals surface area contributed by atoms with Gasteiger partial charge in [-0.25, -0.2) is 4.98 Å². The molecule has 2 aromatic carbocycles. The lowest BCUT2D eigenvalue weighted by Crippen LogP contribution is -1.98. The highest BCUT2D eigenvalue weighted by atomic mass is 79.9. The summed E-state index contributed by atoms with van der Waals surface area (Å²) in [6.45, 7) is 0.707. The Bertz CT molecular complexity index is 788. The van der Waals surface area contributed by atoms with Gasteiger partial charge in [0.1, 0.15) is 5.75 Å². The fraction of sp³-hybridized carbons (Fsp3) is 0.133. The second-order valence-electron chi connectivity index (χ2n) is 4.51. The Morgan fingerprint density at radius 3 is 2.90 bits per heavy atom. The van der Waals surface area contributed by atoms with Crippen molar-refractivity contribution in [2.75, 3.05) is 11.6 Å². The van der Waals surface area contributed by atoms with Crippen molar-refractivity contribution in [1.82, 2.24) is 4.98 Å². The van der Waals surface area contributed by atoms with Gasteiger partial charge in [-0.1, -0.05) is 17.8 Å². The minimum atomic E-state index is 0.259. The van der Waals surface area contributed by atoms with E-state index >= 15 is 0 Å². The van der Waals surface area contributed by atoms with Crippen LogP contribution >= 0.6 is 39.0 Å². The molecular formula is C15H13BrN2OS2. The molecule has 0 fully saturated rings. The molecule has 21 heavy (non-hydrogen) atoms. The number of nitrogens with one attached hydrogen (secondary N) is 1. The van der Waals surface area contributed by atoms with Crippen LogP contribution in [-0.4, -0.2) is 16.3 Å². The Morgan fingerprint density at radius 2 is 2.14 bits per heavy atom. The summed E-state index contributed by atoms with van der Waals surface area (Å²) in [6.07, 6.45) is 2.04. The largest absolute Gasteiger partial charge is 0.507 e. The molecule has 0 aliphatic rings. The first kappa shape index (κ1) is 14.7. The first-order chi connectivity index (χ1) is 10.2. The highest BCUT2D eigenvalue weighted by Gasteiger charge is 2.04. The minimum Gasteiger partial charge on any atom is -0.507 e. The number of hydrogen-bond donors (Lipinski definition) is 2. The zero-order valence-electron chi connectivity index (χ0n) is 11.3. The van der Waals surface area contributed by atoms with Crippen molar-refractivity contribution in [3.63, 3.8) is 0 Å². The molecule has 0 unspecified atom stereocenters. The van der Waals surface area contributed by atoms with E-state index < -0.39 is 0 Å². The lowest BCUT2D eigenvalue weighted by molar-refractivity contribution is 0.471. The van der Waals surface area contributed by atoms with E-state index in [4.69, 9.17) is 0 Å². The van der Waals surface area contributed by atoms with Crippen LogP contribution in [0, 0.1) is 0 Å². The summed E-state index contributed by atoms with van der Waals surface area (Å²) in [6, 6.07) is 11.7. The van der Waals surface area contributed by atoms with E-state index in [1.165, 1.54) is 4.70 Å². The molecule has 6 heteroatoms. The Balaban J connectivity index is 1.76. The summed E-state index contributed by atoms with van der Waals surface area (Å²) in [5.41, 5.74) is 3.22. The van der Waals surface area contributed by atoms with Gasteiger partial charge in [0, 0.05) is 12.2 Å². The molecule has 1 aromatic heterocycles. The number of aromatic nitrogens is 1. The van der Waals surface area contributed by atoms with Crippen molar-refractivity contribution in [3.05, 3.63) is 46.4 Å². The zero-order valence-corrected chi connectivity index (χ0v) is 14.5. The summed E-state index contributed by atoms with van der Waals surface area (Å²) in [7, 11) is 0. The molecule has 0 radical (unpaired) electrons. The normalized spacial score (nSPS) is 11.0. The van der Waals surface area contributed by atoms with Crippen LogP contribution in [0.3, 0.4) is 0 Å². The number of anilines is 1. The number of aromatic hydroxyl groups is 1. The number of fused-ring (bicyclic) bond motifs is 1. The monoisotopic (exact) mass is 380 g/mol. The quantitative estimate of drug-likeness (QED) is 0.618. The van der Waals surface area contributed by atoms with Gasteiger partial charge in [0.2, 0.25) is 0 Å². The van der Waals surface area contributed by atoms with E-state index in [1.807, 2.05) is 30.5 Å². The third-order valence-corrected chi connectivity index (χ3v) is 5.69. The van der Waals surface area contributed by atoms with Gasteiger partial charge in [-0.2, -0.15) is 0 Å². The van der Waals surface area contributed by atoms with E-state index in [1.54, 1.807) is 29.2 Å². The number of halogens is 1. The molecule has 0 spiro atoms. The fourth-order valence-corrected chi connectivity index (χ4v) is 3.92. The second-order valence-corrected chi connectivity index (χ2v) is 7.44. The number of phenolic OH excluding ortho intramolecular Hbond substituents is 1. The maximum absolute atomic E-state index is 9.50. The molecule has 1 heterocycles. The number of hydrogen-bond acceptors (Lipinski definition) is 5. The fourth-order valence-electron chi connectivity index (χ4n) is 1.97. The summed E-state index contributed by atoms with van der Waals surface area (Å²) in [5.74, 6) is 0.259. The predicted octanol–water partition coefficient (Wildman–Crippen LogP) is 5.10. The summed E-state index contributed by atoms with van der Waals surface area (Å²) in [5, 5.41) is 12.9. The molecule has 0 amide bonds. The van der Waals surface area contributed by atoms with Gasteiger partial charge in [0.05, 0.1) is 14.7 Å². The lowest BCUT2D eigenvalue weighted by atomic mass is 10.2. The Hall–Kier alpha value is -1.24. The standard InChI is InChI=1S/C15H13BrN2OS2/c1-20-15-18-12-4-3-10(7-14(12)21-15)17-8-9-2-5-13(19)11(16)6-9/h2-7,17,19H,8H2,1H3. The summed E-state index contributed by atoms with van der Waals surface area (Å²) < 4.78 is 2.99. The van der Waals surface area contributed by atoms with Crippen molar-refractivity contribution in [1.29, 1.82) is 0 Å². The van der Waals surface area contributed by atoms with Gasteiger partial charge >= 0.3 is 0 Å². The van der Waals surface area contributed by atoms with E-state index in [2.05, 4.69) is 32.3 Å². The second kappa shape index (κ2) is 6.25. The molecular weight excluding hydrogens is 368 g/mol. The number of rotatable bonds is 4. The highest BCUT2D eigenvalue weighted by Crippen LogP contribution is 2.30. The topological polar surface area (TPSA) is 45.2 Å². The van der Waals surface area contributed by atoms with Crippen molar-refractivity contribution in [3.8, 4) is 5.75 Å². The molecule has 0 atom stereocenters. The Kier molecular flexibility index (Phi) is 4.37. The van der Waals surface area contributed by atoms with Gasteiger partial charge in [0.25, 0.3) is 0 Å². The molecule has 2 N–H and O–H groups in total. The van der Waals surface area contributed by atoms with Gasteiger partial charge in [-0.3, -0.25) is 0 Å². The molecule has 0 bridgehead atoms. The van der Waals surface area contributed by atoms with Gasteiger partial charge < -0.3 is 10.4 Å². The van der Waals surface area contributed by atoms with Crippen LogP contribution in [0.25, 0.3) is 10.2 Å². The number of thioether (sulfide) groups is 1. The van der Waals surface area contributed by atoms with E-state index in [9.17, 15) is 5.11 Å². The van der Waals surface area contributed by atoms with Gasteiger partial charge in [0.15, 0.2) is 4.34 Å². The number of benzene rings is 2. The van der Waals surface area contributed by atoms with Crippen LogP contribution in [0.2, 0.25) is 0 Å².